The number of anilines is 1. The molecule has 0 spiro atoms. The first-order valence-electron chi connectivity index (χ1n) is 10.5. The standard InChI is InChI=1S/C24H26FN3O/c25-19-7-8-20-18(17-29-24(20)16-19)4-1-2-11-27-12-14-28(15-13-27)23-6-3-5-22-21(23)9-10-26-22/h3,5-10,16-17,26H,1-2,4,11-15H2. The molecule has 0 bridgehead atoms. The van der Waals surface area contributed by atoms with Gasteiger partial charge >= 0.3 is 0 Å². The number of hydrogen-bond acceptors (Lipinski definition) is 3. The quantitative estimate of drug-likeness (QED) is 0.459. The largest absolute Gasteiger partial charge is 0.464 e. The van der Waals surface area contributed by atoms with Gasteiger partial charge < -0.3 is 14.3 Å². The van der Waals surface area contributed by atoms with Crippen LogP contribution in [0.5, 0.6) is 0 Å². The first-order valence-corrected chi connectivity index (χ1v) is 10.5. The molecule has 0 radical (unpaired) electrons. The van der Waals surface area contributed by atoms with E-state index in [4.69, 9.17) is 4.42 Å². The average Bonchev–Trinajstić information content (AvgIpc) is 3.38. The number of piperazine rings is 1. The molecule has 0 unspecified atom stereocenters. The Morgan fingerprint density at radius 1 is 0.966 bits per heavy atom. The second-order valence-corrected chi connectivity index (χ2v) is 7.90. The maximum Gasteiger partial charge on any atom is 0.137 e. The van der Waals surface area contributed by atoms with E-state index in [1.54, 1.807) is 6.26 Å². The molecule has 1 fully saturated rings. The zero-order valence-corrected chi connectivity index (χ0v) is 16.5. The van der Waals surface area contributed by atoms with E-state index in [-0.39, 0.29) is 5.82 Å². The van der Waals surface area contributed by atoms with E-state index in [1.165, 1.54) is 40.7 Å². The molecule has 1 N–H and O–H groups in total. The van der Waals surface area contributed by atoms with Crippen molar-refractivity contribution in [2.24, 2.45) is 0 Å². The van der Waals surface area contributed by atoms with E-state index in [0.29, 0.717) is 5.58 Å². The lowest BCUT2D eigenvalue weighted by atomic mass is 10.1. The van der Waals surface area contributed by atoms with E-state index in [2.05, 4.69) is 39.0 Å². The molecule has 0 saturated carbocycles. The Balaban J connectivity index is 1.10. The van der Waals surface area contributed by atoms with Gasteiger partial charge in [-0.25, -0.2) is 4.39 Å². The van der Waals surface area contributed by atoms with Crippen LogP contribution in [0, 0.1) is 5.82 Å². The minimum absolute atomic E-state index is 0.245. The lowest BCUT2D eigenvalue weighted by Crippen LogP contribution is -2.46. The maximum atomic E-state index is 13.3. The van der Waals surface area contributed by atoms with E-state index < -0.39 is 0 Å². The number of rotatable bonds is 6. The summed E-state index contributed by atoms with van der Waals surface area (Å²) in [5.41, 5.74) is 4.38. The number of unbranched alkanes of at least 4 members (excludes halogenated alkanes) is 1. The van der Waals surface area contributed by atoms with Crippen LogP contribution in [0.1, 0.15) is 18.4 Å². The van der Waals surface area contributed by atoms with Crippen molar-refractivity contribution in [1.82, 2.24) is 9.88 Å². The summed E-state index contributed by atoms with van der Waals surface area (Å²) in [6, 6.07) is 13.5. The van der Waals surface area contributed by atoms with Gasteiger partial charge in [-0.15, -0.1) is 0 Å². The number of aryl methyl sites for hydroxylation is 1. The van der Waals surface area contributed by atoms with E-state index in [0.717, 1.165) is 51.0 Å². The Kier molecular flexibility index (Phi) is 4.98. The summed E-state index contributed by atoms with van der Waals surface area (Å²) in [6.45, 7) is 5.49. The third-order valence-electron chi connectivity index (χ3n) is 6.07. The number of furan rings is 1. The minimum atomic E-state index is -0.245. The van der Waals surface area contributed by atoms with E-state index in [1.807, 2.05) is 12.3 Å². The highest BCUT2D eigenvalue weighted by Crippen LogP contribution is 2.27. The third kappa shape index (κ3) is 3.75. The van der Waals surface area contributed by atoms with Crippen LogP contribution in [0.3, 0.4) is 0 Å². The normalized spacial score (nSPS) is 15.6. The number of hydrogen-bond donors (Lipinski definition) is 1. The van der Waals surface area contributed by atoms with Gasteiger partial charge in [0.15, 0.2) is 0 Å². The van der Waals surface area contributed by atoms with E-state index >= 15 is 0 Å². The Morgan fingerprint density at radius 3 is 2.76 bits per heavy atom. The summed E-state index contributed by atoms with van der Waals surface area (Å²) >= 11 is 0. The van der Waals surface area contributed by atoms with Gasteiger partial charge in [-0.2, -0.15) is 0 Å². The van der Waals surface area contributed by atoms with Crippen LogP contribution in [0.4, 0.5) is 10.1 Å². The van der Waals surface area contributed by atoms with Crippen LogP contribution >= 0.6 is 0 Å². The number of halogens is 1. The van der Waals surface area contributed by atoms with Crippen LogP contribution in [-0.2, 0) is 6.42 Å². The molecule has 2 aromatic heterocycles. The van der Waals surface area contributed by atoms with Gasteiger partial charge in [0.05, 0.1) is 6.26 Å². The second-order valence-electron chi connectivity index (χ2n) is 7.90. The molecule has 1 saturated heterocycles. The molecule has 0 amide bonds. The van der Waals surface area contributed by atoms with Crippen molar-refractivity contribution in [3.63, 3.8) is 0 Å². The van der Waals surface area contributed by atoms with Gasteiger partial charge in [-0.1, -0.05) is 6.07 Å². The number of benzene rings is 2. The number of aromatic nitrogens is 1. The Bertz CT molecular complexity index is 1110. The summed E-state index contributed by atoms with van der Waals surface area (Å²) in [5.74, 6) is -0.245. The molecule has 4 nitrogen and oxygen atoms in total. The van der Waals surface area contributed by atoms with Crippen molar-refractivity contribution in [2.75, 3.05) is 37.6 Å². The molecule has 1 aliphatic heterocycles. The van der Waals surface area contributed by atoms with Gasteiger partial charge in [0.2, 0.25) is 0 Å². The Hall–Kier alpha value is -2.79. The summed E-state index contributed by atoms with van der Waals surface area (Å²) in [7, 11) is 0. The Morgan fingerprint density at radius 2 is 1.86 bits per heavy atom. The molecule has 0 atom stereocenters. The molecule has 5 rings (SSSR count). The van der Waals surface area contributed by atoms with Crippen molar-refractivity contribution < 1.29 is 8.81 Å². The lowest BCUT2D eigenvalue weighted by Gasteiger charge is -2.36. The van der Waals surface area contributed by atoms with Crippen molar-refractivity contribution >= 4 is 27.6 Å². The lowest BCUT2D eigenvalue weighted by molar-refractivity contribution is 0.253. The molecule has 4 aromatic rings. The highest BCUT2D eigenvalue weighted by molar-refractivity contribution is 5.92. The summed E-state index contributed by atoms with van der Waals surface area (Å²) < 4.78 is 18.8. The number of nitrogens with zero attached hydrogens (tertiary/aromatic N) is 2. The Labute approximate surface area is 169 Å². The molecule has 3 heterocycles. The zero-order chi connectivity index (χ0) is 19.6. The molecule has 29 heavy (non-hydrogen) atoms. The summed E-state index contributed by atoms with van der Waals surface area (Å²) in [6.07, 6.45) is 7.07. The van der Waals surface area contributed by atoms with Crippen molar-refractivity contribution in [3.05, 3.63) is 66.3 Å². The number of H-pyrrole nitrogens is 1. The zero-order valence-electron chi connectivity index (χ0n) is 16.5. The summed E-state index contributed by atoms with van der Waals surface area (Å²) in [5, 5.41) is 2.35. The third-order valence-corrected chi connectivity index (χ3v) is 6.07. The van der Waals surface area contributed by atoms with Crippen molar-refractivity contribution in [3.8, 4) is 0 Å². The molecule has 150 valence electrons. The van der Waals surface area contributed by atoms with Gasteiger partial charge in [0.25, 0.3) is 0 Å². The van der Waals surface area contributed by atoms with E-state index in [9.17, 15) is 4.39 Å². The predicted octanol–water partition coefficient (Wildman–Crippen LogP) is 5.20. The van der Waals surface area contributed by atoms with Crippen molar-refractivity contribution in [1.29, 1.82) is 0 Å². The SMILES string of the molecule is Fc1ccc2c(CCCCN3CCN(c4cccc5[nH]ccc45)CC3)coc2c1. The second kappa shape index (κ2) is 7.91. The van der Waals surface area contributed by atoms with Crippen LogP contribution in [0.25, 0.3) is 21.9 Å². The predicted molar refractivity (Wildman–Crippen MR) is 116 cm³/mol. The highest BCUT2D eigenvalue weighted by atomic mass is 19.1. The van der Waals surface area contributed by atoms with Gasteiger partial charge in [-0.05, 0) is 61.7 Å². The molecule has 0 aliphatic carbocycles. The number of nitrogens with one attached hydrogen (secondary N) is 1. The fraction of sp³-hybridized carbons (Fsp3) is 0.333. The first-order chi connectivity index (χ1) is 14.3. The molecule has 2 aromatic carbocycles. The molecular weight excluding hydrogens is 365 g/mol. The maximum absolute atomic E-state index is 13.3. The van der Waals surface area contributed by atoms with Crippen LogP contribution < -0.4 is 4.90 Å². The fourth-order valence-corrected chi connectivity index (χ4v) is 4.46. The molecular formula is C24H26FN3O. The fourth-order valence-electron chi connectivity index (χ4n) is 4.46. The van der Waals surface area contributed by atoms with Crippen LogP contribution in [0.2, 0.25) is 0 Å². The number of aromatic amines is 1. The monoisotopic (exact) mass is 391 g/mol. The molecule has 1 aliphatic rings. The minimum Gasteiger partial charge on any atom is -0.464 e. The summed E-state index contributed by atoms with van der Waals surface area (Å²) in [4.78, 5) is 8.37. The highest BCUT2D eigenvalue weighted by Gasteiger charge is 2.18. The average molecular weight is 391 g/mol. The van der Waals surface area contributed by atoms with Crippen LogP contribution in [-0.4, -0.2) is 42.6 Å². The van der Waals surface area contributed by atoms with Crippen molar-refractivity contribution in [2.45, 2.75) is 19.3 Å². The van der Waals surface area contributed by atoms with Gasteiger partial charge in [-0.3, -0.25) is 4.90 Å². The topological polar surface area (TPSA) is 35.4 Å². The van der Waals surface area contributed by atoms with Crippen LogP contribution in [0.15, 0.2) is 59.3 Å². The van der Waals surface area contributed by atoms with Gasteiger partial charge in [0.1, 0.15) is 11.4 Å². The number of fused-ring (bicyclic) bond motifs is 2. The smallest absolute Gasteiger partial charge is 0.137 e. The van der Waals surface area contributed by atoms with Gasteiger partial charge in [0, 0.05) is 60.4 Å². The molecule has 5 heteroatoms. The first kappa shape index (κ1) is 18.3.